The number of hydrogen-bond donors (Lipinski definition) is 2. The van der Waals surface area contributed by atoms with Crippen LogP contribution in [0.1, 0.15) is 20.3 Å². The number of rotatable bonds is 2. The third kappa shape index (κ3) is 2.64. The fourth-order valence-corrected chi connectivity index (χ4v) is 0.338. The Balaban J connectivity index is 3.71. The van der Waals surface area contributed by atoms with Crippen molar-refractivity contribution < 1.29 is 0 Å². The van der Waals surface area contributed by atoms with Crippen molar-refractivity contribution in [3.63, 3.8) is 0 Å². The number of hydrogen-bond acceptors (Lipinski definition) is 2. The Labute approximate surface area is 50.6 Å². The van der Waals surface area contributed by atoms with Gasteiger partial charge in [-0.15, -0.1) is 0 Å². The lowest BCUT2D eigenvalue weighted by Gasteiger charge is -2.15. The van der Waals surface area contributed by atoms with Crippen molar-refractivity contribution >= 4 is 0 Å². The Morgan fingerprint density at radius 2 is 2.12 bits per heavy atom. The molecular formula is C6H14N2. The molecule has 4 N–H and O–H groups in total. The lowest BCUT2D eigenvalue weighted by molar-refractivity contribution is 0.563. The third-order valence-corrected chi connectivity index (χ3v) is 1.24. The second-order valence-electron chi connectivity index (χ2n) is 2.22. The van der Waals surface area contributed by atoms with Crippen LogP contribution in [-0.2, 0) is 0 Å². The third-order valence-electron chi connectivity index (χ3n) is 1.24. The van der Waals surface area contributed by atoms with Crippen LogP contribution in [0.5, 0.6) is 0 Å². The molecule has 0 radical (unpaired) electrons. The van der Waals surface area contributed by atoms with E-state index in [9.17, 15) is 0 Å². The summed E-state index contributed by atoms with van der Waals surface area (Å²) in [6, 6.07) is 0. The van der Waals surface area contributed by atoms with Gasteiger partial charge in [0.05, 0.1) is 0 Å². The molecule has 2 nitrogen and oxygen atoms in total. The zero-order valence-electron chi connectivity index (χ0n) is 5.52. The average Bonchev–Trinajstić information content (AvgIpc) is 1.67. The summed E-state index contributed by atoms with van der Waals surface area (Å²) >= 11 is 0. The van der Waals surface area contributed by atoms with Crippen LogP contribution in [0, 0.1) is 0 Å². The molecule has 2 heteroatoms. The molecule has 48 valence electrons. The van der Waals surface area contributed by atoms with Crippen molar-refractivity contribution in [3.05, 3.63) is 12.3 Å². The molecule has 8 heavy (non-hydrogen) atoms. The zero-order valence-corrected chi connectivity index (χ0v) is 5.52. The van der Waals surface area contributed by atoms with Crippen molar-refractivity contribution in [2.45, 2.75) is 25.8 Å². The highest BCUT2D eigenvalue weighted by molar-refractivity contribution is 4.98. The van der Waals surface area contributed by atoms with Gasteiger partial charge in [0.2, 0.25) is 0 Å². The van der Waals surface area contributed by atoms with Gasteiger partial charge in [0.25, 0.3) is 0 Å². The second kappa shape index (κ2) is 2.72. The summed E-state index contributed by atoms with van der Waals surface area (Å²) in [5.74, 6) is 0. The van der Waals surface area contributed by atoms with Crippen LogP contribution in [0.3, 0.4) is 0 Å². The van der Waals surface area contributed by atoms with E-state index in [1.807, 2.05) is 13.8 Å². The van der Waals surface area contributed by atoms with E-state index in [0.717, 1.165) is 6.42 Å². The first-order chi connectivity index (χ1) is 3.62. The minimum atomic E-state index is -0.214. The minimum absolute atomic E-state index is 0.214. The molecule has 0 aliphatic heterocycles. The fourth-order valence-electron chi connectivity index (χ4n) is 0.338. The molecule has 0 bridgehead atoms. The van der Waals surface area contributed by atoms with Crippen molar-refractivity contribution in [3.8, 4) is 0 Å². The minimum Gasteiger partial charge on any atom is -0.405 e. The predicted molar refractivity (Wildman–Crippen MR) is 36.2 cm³/mol. The van der Waals surface area contributed by atoms with E-state index < -0.39 is 0 Å². The molecule has 1 atom stereocenters. The van der Waals surface area contributed by atoms with E-state index in [-0.39, 0.29) is 5.54 Å². The molecule has 1 unspecified atom stereocenters. The second-order valence-corrected chi connectivity index (χ2v) is 2.22. The van der Waals surface area contributed by atoms with Crippen molar-refractivity contribution in [1.29, 1.82) is 0 Å². The molecule has 0 amide bonds. The Morgan fingerprint density at radius 1 is 1.62 bits per heavy atom. The standard InChI is InChI=1S/C6H14N2/c1-3-6(2,8)4-5-7/h4-5H,3,7-8H2,1-2H3. The zero-order chi connectivity index (χ0) is 6.62. The van der Waals surface area contributed by atoms with Crippen LogP contribution in [0.2, 0.25) is 0 Å². The quantitative estimate of drug-likeness (QED) is 0.552. The lowest BCUT2D eigenvalue weighted by Crippen LogP contribution is -2.32. The summed E-state index contributed by atoms with van der Waals surface area (Å²) in [5.41, 5.74) is 10.6. The van der Waals surface area contributed by atoms with Gasteiger partial charge in [-0.2, -0.15) is 0 Å². The van der Waals surface area contributed by atoms with E-state index in [2.05, 4.69) is 0 Å². The highest BCUT2D eigenvalue weighted by Gasteiger charge is 2.08. The normalized spacial score (nSPS) is 18.9. The van der Waals surface area contributed by atoms with E-state index in [1.54, 1.807) is 6.08 Å². The van der Waals surface area contributed by atoms with Crippen LogP contribution in [0.25, 0.3) is 0 Å². The molecule has 0 heterocycles. The van der Waals surface area contributed by atoms with Gasteiger partial charge in [-0.25, -0.2) is 0 Å². The summed E-state index contributed by atoms with van der Waals surface area (Å²) in [5, 5.41) is 0. The average molecular weight is 114 g/mol. The first kappa shape index (κ1) is 7.50. The Morgan fingerprint density at radius 3 is 2.25 bits per heavy atom. The maximum Gasteiger partial charge on any atom is 0.0324 e. The molecule has 0 aromatic heterocycles. The number of nitrogens with two attached hydrogens (primary N) is 2. The summed E-state index contributed by atoms with van der Waals surface area (Å²) in [6.07, 6.45) is 4.21. The van der Waals surface area contributed by atoms with Crippen molar-refractivity contribution in [2.24, 2.45) is 11.5 Å². The fraction of sp³-hybridized carbons (Fsp3) is 0.667. The van der Waals surface area contributed by atoms with Crippen LogP contribution >= 0.6 is 0 Å². The SMILES string of the molecule is CCC(C)(N)C=CN. The molecule has 0 spiro atoms. The van der Waals surface area contributed by atoms with Gasteiger partial charge in [0.15, 0.2) is 0 Å². The predicted octanol–water partition coefficient (Wildman–Crippen LogP) is 0.586. The molecule has 0 aliphatic rings. The van der Waals surface area contributed by atoms with Crippen LogP contribution in [-0.4, -0.2) is 5.54 Å². The maximum absolute atomic E-state index is 5.66. The van der Waals surface area contributed by atoms with E-state index in [1.165, 1.54) is 6.20 Å². The summed E-state index contributed by atoms with van der Waals surface area (Å²) in [4.78, 5) is 0. The molecule has 0 saturated heterocycles. The first-order valence-corrected chi connectivity index (χ1v) is 2.80. The highest BCUT2D eigenvalue weighted by atomic mass is 14.7. The van der Waals surface area contributed by atoms with Gasteiger partial charge in [-0.05, 0) is 25.6 Å². The Hall–Kier alpha value is -0.500. The smallest absolute Gasteiger partial charge is 0.0324 e. The first-order valence-electron chi connectivity index (χ1n) is 2.80. The molecule has 0 fully saturated rings. The van der Waals surface area contributed by atoms with Crippen LogP contribution < -0.4 is 11.5 Å². The van der Waals surface area contributed by atoms with E-state index >= 15 is 0 Å². The van der Waals surface area contributed by atoms with E-state index in [4.69, 9.17) is 11.5 Å². The van der Waals surface area contributed by atoms with Gasteiger partial charge in [0, 0.05) is 5.54 Å². The van der Waals surface area contributed by atoms with Crippen LogP contribution in [0.4, 0.5) is 0 Å². The molecular weight excluding hydrogens is 100 g/mol. The largest absolute Gasteiger partial charge is 0.405 e. The molecule has 0 aromatic carbocycles. The van der Waals surface area contributed by atoms with Gasteiger partial charge in [-0.3, -0.25) is 0 Å². The van der Waals surface area contributed by atoms with Gasteiger partial charge < -0.3 is 11.5 Å². The maximum atomic E-state index is 5.66. The summed E-state index contributed by atoms with van der Waals surface area (Å²) in [7, 11) is 0. The summed E-state index contributed by atoms with van der Waals surface area (Å²) < 4.78 is 0. The molecule has 0 saturated carbocycles. The van der Waals surface area contributed by atoms with Gasteiger partial charge in [-0.1, -0.05) is 6.92 Å². The van der Waals surface area contributed by atoms with Crippen LogP contribution in [0.15, 0.2) is 12.3 Å². The van der Waals surface area contributed by atoms with E-state index in [0.29, 0.717) is 0 Å². The monoisotopic (exact) mass is 114 g/mol. The lowest BCUT2D eigenvalue weighted by atomic mass is 10.0. The summed E-state index contributed by atoms with van der Waals surface area (Å²) in [6.45, 7) is 3.97. The topological polar surface area (TPSA) is 52.0 Å². The molecule has 0 aromatic rings. The highest BCUT2D eigenvalue weighted by Crippen LogP contribution is 2.04. The Kier molecular flexibility index (Phi) is 2.55. The Bertz CT molecular complexity index is 84.5. The van der Waals surface area contributed by atoms with Gasteiger partial charge in [0.1, 0.15) is 0 Å². The molecule has 0 aliphatic carbocycles. The van der Waals surface area contributed by atoms with Crippen molar-refractivity contribution in [2.75, 3.05) is 0 Å². The van der Waals surface area contributed by atoms with Gasteiger partial charge >= 0.3 is 0 Å². The molecule has 0 rings (SSSR count). The van der Waals surface area contributed by atoms with Crippen molar-refractivity contribution in [1.82, 2.24) is 0 Å².